The van der Waals surface area contributed by atoms with Crippen molar-refractivity contribution in [3.8, 4) is 0 Å². The lowest BCUT2D eigenvalue weighted by Gasteiger charge is -2.26. The Labute approximate surface area is 134 Å². The normalized spacial score (nSPS) is 19.3. The van der Waals surface area contributed by atoms with Crippen molar-refractivity contribution in [2.45, 2.75) is 51.5 Å². The van der Waals surface area contributed by atoms with Crippen LogP contribution >= 0.6 is 23.2 Å². The Balaban J connectivity index is 2.13. The number of aromatic nitrogens is 2. The maximum Gasteiger partial charge on any atom is 0.144 e. The minimum Gasteiger partial charge on any atom is -0.326 e. The molecule has 1 saturated carbocycles. The van der Waals surface area contributed by atoms with Crippen LogP contribution in [0.4, 0.5) is 4.39 Å². The number of imidazole rings is 1. The van der Waals surface area contributed by atoms with Crippen LogP contribution in [0.1, 0.15) is 50.7 Å². The van der Waals surface area contributed by atoms with Gasteiger partial charge < -0.3 is 4.57 Å². The first-order valence-electron chi connectivity index (χ1n) is 7.39. The Morgan fingerprint density at radius 2 is 2.05 bits per heavy atom. The molecule has 1 heterocycles. The van der Waals surface area contributed by atoms with Gasteiger partial charge >= 0.3 is 0 Å². The highest BCUT2D eigenvalue weighted by atomic mass is 35.5. The third-order valence-electron chi connectivity index (χ3n) is 4.53. The molecule has 2 aromatic rings. The van der Waals surface area contributed by atoms with Crippen LogP contribution in [0.5, 0.6) is 0 Å². The van der Waals surface area contributed by atoms with E-state index in [0.29, 0.717) is 5.52 Å². The van der Waals surface area contributed by atoms with Gasteiger partial charge in [-0.1, -0.05) is 31.4 Å². The van der Waals surface area contributed by atoms with E-state index in [1.54, 1.807) is 6.07 Å². The lowest BCUT2D eigenvalue weighted by atomic mass is 9.88. The van der Waals surface area contributed by atoms with Crippen molar-refractivity contribution in [2.75, 3.05) is 0 Å². The van der Waals surface area contributed by atoms with Crippen molar-refractivity contribution in [3.05, 3.63) is 28.8 Å². The second kappa shape index (κ2) is 5.44. The van der Waals surface area contributed by atoms with Crippen LogP contribution in [0.25, 0.3) is 11.0 Å². The average Bonchev–Trinajstić information content (AvgIpc) is 2.97. The van der Waals surface area contributed by atoms with Crippen molar-refractivity contribution < 1.29 is 4.39 Å². The van der Waals surface area contributed by atoms with Gasteiger partial charge in [0.25, 0.3) is 0 Å². The second-order valence-electron chi connectivity index (χ2n) is 6.44. The van der Waals surface area contributed by atoms with Crippen molar-refractivity contribution in [1.29, 1.82) is 0 Å². The largest absolute Gasteiger partial charge is 0.326 e. The quantitative estimate of drug-likeness (QED) is 0.660. The fourth-order valence-electron chi connectivity index (χ4n) is 3.38. The van der Waals surface area contributed by atoms with Crippen molar-refractivity contribution >= 4 is 34.2 Å². The number of halogens is 3. The predicted octanol–water partition coefficient (Wildman–Crippen LogP) is 5.71. The van der Waals surface area contributed by atoms with E-state index in [0.717, 1.165) is 17.9 Å². The van der Waals surface area contributed by atoms with Gasteiger partial charge in [-0.05, 0) is 31.2 Å². The Morgan fingerprint density at radius 1 is 1.38 bits per heavy atom. The number of rotatable bonds is 3. The summed E-state index contributed by atoms with van der Waals surface area (Å²) in [4.78, 5) is 4.52. The minimum absolute atomic E-state index is 0.133. The summed E-state index contributed by atoms with van der Waals surface area (Å²) in [5.41, 5.74) is 1.76. The first kappa shape index (κ1) is 15.1. The second-order valence-corrected chi connectivity index (χ2v) is 7.51. The smallest absolute Gasteiger partial charge is 0.144 e. The highest BCUT2D eigenvalue weighted by Gasteiger charge is 2.31. The van der Waals surface area contributed by atoms with Gasteiger partial charge in [-0.25, -0.2) is 9.37 Å². The summed E-state index contributed by atoms with van der Waals surface area (Å²) in [6.45, 7) is 5.06. The molecule has 21 heavy (non-hydrogen) atoms. The maximum absolute atomic E-state index is 13.7. The molecule has 1 aliphatic carbocycles. The summed E-state index contributed by atoms with van der Waals surface area (Å²) < 4.78 is 15.8. The van der Waals surface area contributed by atoms with E-state index in [9.17, 15) is 4.39 Å². The molecule has 0 N–H and O–H groups in total. The van der Waals surface area contributed by atoms with Crippen molar-refractivity contribution in [2.24, 2.45) is 5.41 Å². The summed E-state index contributed by atoms with van der Waals surface area (Å²) in [5, 5.41) is -0.0850. The molecule has 0 amide bonds. The zero-order valence-corrected chi connectivity index (χ0v) is 13.8. The minimum atomic E-state index is -0.435. The first-order valence-corrected chi connectivity index (χ1v) is 8.20. The zero-order valence-electron chi connectivity index (χ0n) is 12.3. The lowest BCUT2D eigenvalue weighted by molar-refractivity contribution is 0.281. The van der Waals surface area contributed by atoms with E-state index in [4.69, 9.17) is 23.2 Å². The van der Waals surface area contributed by atoms with Crippen LogP contribution in [0.3, 0.4) is 0 Å². The number of fused-ring (bicyclic) bond motifs is 1. The van der Waals surface area contributed by atoms with E-state index in [2.05, 4.69) is 16.5 Å². The monoisotopic (exact) mass is 328 g/mol. The van der Waals surface area contributed by atoms with Gasteiger partial charge in [0, 0.05) is 12.6 Å². The molecule has 1 fully saturated rings. The van der Waals surface area contributed by atoms with Gasteiger partial charge in [0.05, 0.1) is 21.4 Å². The predicted molar refractivity (Wildman–Crippen MR) is 85.5 cm³/mol. The van der Waals surface area contributed by atoms with Gasteiger partial charge in [-0.3, -0.25) is 0 Å². The van der Waals surface area contributed by atoms with Crippen molar-refractivity contribution in [3.63, 3.8) is 0 Å². The van der Waals surface area contributed by atoms with Crippen molar-refractivity contribution in [1.82, 2.24) is 9.55 Å². The Hall–Kier alpha value is -0.800. The van der Waals surface area contributed by atoms with Crippen LogP contribution in [0, 0.1) is 11.2 Å². The molecule has 0 saturated heterocycles. The Bertz CT molecular complexity index is 672. The fraction of sp³-hybridized carbons (Fsp3) is 0.562. The first-order chi connectivity index (χ1) is 9.89. The Kier molecular flexibility index (Phi) is 3.91. The number of benzene rings is 1. The molecule has 5 heteroatoms. The molecular weight excluding hydrogens is 310 g/mol. The van der Waals surface area contributed by atoms with Gasteiger partial charge in [0.1, 0.15) is 11.6 Å². The fourth-order valence-corrected chi connectivity index (χ4v) is 3.70. The number of hydrogen-bond donors (Lipinski definition) is 0. The van der Waals surface area contributed by atoms with Gasteiger partial charge in [-0.15, -0.1) is 11.6 Å². The highest BCUT2D eigenvalue weighted by Crippen LogP contribution is 2.41. The van der Waals surface area contributed by atoms with E-state index < -0.39 is 5.82 Å². The van der Waals surface area contributed by atoms with Gasteiger partial charge in [0.2, 0.25) is 0 Å². The van der Waals surface area contributed by atoms with Crippen LogP contribution in [0.2, 0.25) is 5.02 Å². The highest BCUT2D eigenvalue weighted by molar-refractivity contribution is 6.31. The molecule has 1 unspecified atom stereocenters. The molecule has 1 aromatic carbocycles. The number of alkyl halides is 1. The van der Waals surface area contributed by atoms with Crippen LogP contribution in [-0.2, 0) is 6.54 Å². The molecule has 1 atom stereocenters. The third kappa shape index (κ3) is 2.78. The summed E-state index contributed by atoms with van der Waals surface area (Å²) in [6, 6.07) is 3.06. The van der Waals surface area contributed by atoms with E-state index in [1.165, 1.54) is 31.7 Å². The molecule has 0 bridgehead atoms. The molecule has 2 nitrogen and oxygen atoms in total. The molecule has 1 aliphatic rings. The summed E-state index contributed by atoms with van der Waals surface area (Å²) in [6.07, 6.45) is 4.95. The SMILES string of the molecule is CC(Cl)c1nc2cc(F)c(Cl)cc2n1CC1(C)CCCC1. The van der Waals surface area contributed by atoms with E-state index in [1.807, 2.05) is 6.92 Å². The van der Waals surface area contributed by atoms with Crippen LogP contribution < -0.4 is 0 Å². The average molecular weight is 329 g/mol. The number of hydrogen-bond acceptors (Lipinski definition) is 1. The summed E-state index contributed by atoms with van der Waals surface area (Å²) in [7, 11) is 0. The summed E-state index contributed by atoms with van der Waals surface area (Å²) in [5.74, 6) is 0.358. The maximum atomic E-state index is 13.7. The third-order valence-corrected chi connectivity index (χ3v) is 5.01. The topological polar surface area (TPSA) is 17.8 Å². The molecule has 3 rings (SSSR count). The van der Waals surface area contributed by atoms with Gasteiger partial charge in [0.15, 0.2) is 0 Å². The molecule has 0 spiro atoms. The Morgan fingerprint density at radius 3 is 2.67 bits per heavy atom. The van der Waals surface area contributed by atoms with Crippen LogP contribution in [0.15, 0.2) is 12.1 Å². The van der Waals surface area contributed by atoms with Gasteiger partial charge in [-0.2, -0.15) is 0 Å². The van der Waals surface area contributed by atoms with E-state index >= 15 is 0 Å². The molecule has 1 aromatic heterocycles. The molecule has 0 radical (unpaired) electrons. The zero-order chi connectivity index (χ0) is 15.2. The lowest BCUT2D eigenvalue weighted by Crippen LogP contribution is -2.21. The van der Waals surface area contributed by atoms with E-state index in [-0.39, 0.29) is 15.8 Å². The molecule has 114 valence electrons. The standard InChI is InChI=1S/C16H19Cl2FN2/c1-10(17)15-20-13-8-12(19)11(18)7-14(13)21(15)9-16(2)5-3-4-6-16/h7-8,10H,3-6,9H2,1-2H3. The van der Waals surface area contributed by atoms with Crippen LogP contribution in [-0.4, -0.2) is 9.55 Å². The molecule has 0 aliphatic heterocycles. The summed E-state index contributed by atoms with van der Waals surface area (Å²) >= 11 is 12.2. The molecular formula is C16H19Cl2FN2. The number of nitrogens with zero attached hydrogens (tertiary/aromatic N) is 2.